The van der Waals surface area contributed by atoms with Crippen LogP contribution in [0.1, 0.15) is 10.7 Å². The van der Waals surface area contributed by atoms with Crippen molar-refractivity contribution in [2.24, 2.45) is 0 Å². The van der Waals surface area contributed by atoms with Crippen LogP contribution in [0.3, 0.4) is 0 Å². The van der Waals surface area contributed by atoms with Gasteiger partial charge in [-0.15, -0.1) is 11.3 Å². The summed E-state index contributed by atoms with van der Waals surface area (Å²) in [6, 6.07) is 6.97. The molecule has 21 heavy (non-hydrogen) atoms. The number of para-hydroxylation sites is 2. The van der Waals surface area contributed by atoms with Gasteiger partial charge in [-0.25, -0.2) is 18.1 Å². The van der Waals surface area contributed by atoms with Gasteiger partial charge in [-0.3, -0.25) is 0 Å². The molecular weight excluding hydrogens is 310 g/mol. The third-order valence-electron chi connectivity index (χ3n) is 2.67. The van der Waals surface area contributed by atoms with Crippen LogP contribution in [0, 0.1) is 6.92 Å². The maximum absolute atomic E-state index is 11.8. The zero-order chi connectivity index (χ0) is 15.3. The summed E-state index contributed by atoms with van der Waals surface area (Å²) >= 11 is 1.49. The Hall–Kier alpha value is -1.64. The first-order valence-electron chi connectivity index (χ1n) is 6.32. The van der Waals surface area contributed by atoms with E-state index in [9.17, 15) is 8.42 Å². The highest BCUT2D eigenvalue weighted by Crippen LogP contribution is 2.19. The molecule has 0 saturated heterocycles. The predicted octanol–water partition coefficient (Wildman–Crippen LogP) is 1.53. The molecule has 1 heterocycles. The Morgan fingerprint density at radius 1 is 1.38 bits per heavy atom. The van der Waals surface area contributed by atoms with E-state index in [2.05, 4.69) is 9.71 Å². The van der Waals surface area contributed by atoms with Crippen LogP contribution in [0.4, 0.5) is 5.69 Å². The topological polar surface area (TPSA) is 94.3 Å². The molecule has 0 atom stereocenters. The number of hydrogen-bond acceptors (Lipinski definition) is 6. The Labute approximate surface area is 128 Å². The van der Waals surface area contributed by atoms with Gasteiger partial charge < -0.3 is 10.5 Å². The average Bonchev–Trinajstić information content (AvgIpc) is 2.85. The summed E-state index contributed by atoms with van der Waals surface area (Å²) in [7, 11) is -3.40. The fourth-order valence-corrected chi connectivity index (χ4v) is 3.05. The van der Waals surface area contributed by atoms with E-state index in [1.807, 2.05) is 12.3 Å². The Morgan fingerprint density at radius 3 is 2.81 bits per heavy atom. The van der Waals surface area contributed by atoms with Crippen LogP contribution in [0.2, 0.25) is 0 Å². The molecule has 8 heteroatoms. The zero-order valence-electron chi connectivity index (χ0n) is 11.6. The predicted molar refractivity (Wildman–Crippen MR) is 83.8 cm³/mol. The lowest BCUT2D eigenvalue weighted by Gasteiger charge is -2.09. The summed E-state index contributed by atoms with van der Waals surface area (Å²) in [6.07, 6.45) is 0. The number of aromatic nitrogens is 1. The SMILES string of the molecule is Cc1nc(CNS(=O)(=O)CCOc2ccccc2N)cs1. The number of nitrogens with two attached hydrogens (primary N) is 1. The molecule has 0 bridgehead atoms. The zero-order valence-corrected chi connectivity index (χ0v) is 13.2. The number of nitrogens with zero attached hydrogens (tertiary/aromatic N) is 1. The maximum atomic E-state index is 11.8. The minimum atomic E-state index is -3.40. The molecule has 0 amide bonds. The molecule has 1 aromatic heterocycles. The highest BCUT2D eigenvalue weighted by Gasteiger charge is 2.11. The minimum Gasteiger partial charge on any atom is -0.490 e. The lowest BCUT2D eigenvalue weighted by molar-refractivity contribution is 0.342. The largest absolute Gasteiger partial charge is 0.490 e. The molecule has 0 radical (unpaired) electrons. The standard InChI is InChI=1S/C13H17N3O3S2/c1-10-16-11(9-20-10)8-15-21(17,18)7-6-19-13-5-3-2-4-12(13)14/h2-5,9,15H,6-8,14H2,1H3. The molecule has 2 rings (SSSR count). The van der Waals surface area contributed by atoms with Crippen molar-refractivity contribution in [1.29, 1.82) is 0 Å². The molecule has 0 saturated carbocycles. The fraction of sp³-hybridized carbons (Fsp3) is 0.308. The molecule has 0 unspecified atom stereocenters. The normalized spacial score (nSPS) is 11.5. The van der Waals surface area contributed by atoms with Crippen LogP contribution in [0.15, 0.2) is 29.6 Å². The van der Waals surface area contributed by atoms with Crippen LogP contribution >= 0.6 is 11.3 Å². The van der Waals surface area contributed by atoms with Gasteiger partial charge in [0.2, 0.25) is 10.0 Å². The number of nitrogen functional groups attached to an aromatic ring is 1. The van der Waals surface area contributed by atoms with Gasteiger partial charge in [0.05, 0.1) is 28.7 Å². The first-order chi connectivity index (χ1) is 9.96. The molecule has 0 aliphatic heterocycles. The fourth-order valence-electron chi connectivity index (χ4n) is 1.62. The van der Waals surface area contributed by atoms with E-state index in [1.165, 1.54) is 11.3 Å². The van der Waals surface area contributed by atoms with Crippen molar-refractivity contribution < 1.29 is 13.2 Å². The Kier molecular flexibility index (Phi) is 5.16. The van der Waals surface area contributed by atoms with E-state index in [-0.39, 0.29) is 18.9 Å². The summed E-state index contributed by atoms with van der Waals surface area (Å²) in [6.45, 7) is 2.11. The van der Waals surface area contributed by atoms with Gasteiger partial charge in [0.15, 0.2) is 0 Å². The van der Waals surface area contributed by atoms with Crippen LogP contribution in [0.5, 0.6) is 5.75 Å². The number of thiazole rings is 1. The van der Waals surface area contributed by atoms with E-state index < -0.39 is 10.0 Å². The molecule has 114 valence electrons. The van der Waals surface area contributed by atoms with E-state index >= 15 is 0 Å². The molecule has 0 fully saturated rings. The number of anilines is 1. The molecular formula is C13H17N3O3S2. The van der Waals surface area contributed by atoms with Crippen LogP contribution in [0.25, 0.3) is 0 Å². The summed E-state index contributed by atoms with van der Waals surface area (Å²) in [5, 5.41) is 2.74. The van der Waals surface area contributed by atoms with Gasteiger partial charge in [0, 0.05) is 5.38 Å². The maximum Gasteiger partial charge on any atom is 0.215 e. The molecule has 0 spiro atoms. The van der Waals surface area contributed by atoms with Crippen molar-refractivity contribution in [3.63, 3.8) is 0 Å². The van der Waals surface area contributed by atoms with E-state index in [0.29, 0.717) is 17.1 Å². The summed E-state index contributed by atoms with van der Waals surface area (Å²) in [4.78, 5) is 4.20. The number of rotatable bonds is 7. The number of nitrogens with one attached hydrogen (secondary N) is 1. The second-order valence-corrected chi connectivity index (χ2v) is 7.37. The Morgan fingerprint density at radius 2 is 2.14 bits per heavy atom. The summed E-state index contributed by atoms with van der Waals surface area (Å²) in [5.41, 5.74) is 6.91. The van der Waals surface area contributed by atoms with Crippen molar-refractivity contribution in [2.75, 3.05) is 18.1 Å². The van der Waals surface area contributed by atoms with Crippen molar-refractivity contribution >= 4 is 27.0 Å². The van der Waals surface area contributed by atoms with E-state index in [0.717, 1.165) is 5.01 Å². The number of benzene rings is 1. The van der Waals surface area contributed by atoms with Gasteiger partial charge in [0.1, 0.15) is 12.4 Å². The molecule has 0 aliphatic rings. The minimum absolute atomic E-state index is 0.0413. The number of aryl methyl sites for hydroxylation is 1. The third-order valence-corrected chi connectivity index (χ3v) is 4.78. The van der Waals surface area contributed by atoms with Crippen LogP contribution < -0.4 is 15.2 Å². The second kappa shape index (κ2) is 6.88. The van der Waals surface area contributed by atoms with Crippen LogP contribution in [-0.4, -0.2) is 25.8 Å². The van der Waals surface area contributed by atoms with Crippen molar-refractivity contribution in [1.82, 2.24) is 9.71 Å². The average molecular weight is 327 g/mol. The van der Waals surface area contributed by atoms with Crippen molar-refractivity contribution in [3.05, 3.63) is 40.3 Å². The Balaban J connectivity index is 1.80. The number of hydrogen-bond donors (Lipinski definition) is 2. The summed E-state index contributed by atoms with van der Waals surface area (Å²) in [5.74, 6) is 0.354. The number of ether oxygens (including phenoxy) is 1. The van der Waals surface area contributed by atoms with Gasteiger partial charge >= 0.3 is 0 Å². The molecule has 6 nitrogen and oxygen atoms in total. The Bertz CT molecular complexity index is 698. The lowest BCUT2D eigenvalue weighted by Crippen LogP contribution is -2.28. The van der Waals surface area contributed by atoms with Crippen molar-refractivity contribution in [3.8, 4) is 5.75 Å². The molecule has 1 aromatic carbocycles. The molecule has 2 aromatic rings. The van der Waals surface area contributed by atoms with Gasteiger partial charge in [-0.05, 0) is 19.1 Å². The lowest BCUT2D eigenvalue weighted by atomic mass is 10.3. The van der Waals surface area contributed by atoms with E-state index in [4.69, 9.17) is 10.5 Å². The monoisotopic (exact) mass is 327 g/mol. The van der Waals surface area contributed by atoms with E-state index in [1.54, 1.807) is 24.3 Å². The van der Waals surface area contributed by atoms with Gasteiger partial charge in [0.25, 0.3) is 0 Å². The third kappa shape index (κ3) is 5.00. The first kappa shape index (κ1) is 15.7. The second-order valence-electron chi connectivity index (χ2n) is 4.38. The van der Waals surface area contributed by atoms with Gasteiger partial charge in [-0.1, -0.05) is 12.1 Å². The van der Waals surface area contributed by atoms with Crippen LogP contribution in [-0.2, 0) is 16.6 Å². The summed E-state index contributed by atoms with van der Waals surface area (Å²) < 4.78 is 31.5. The number of sulfonamides is 1. The first-order valence-corrected chi connectivity index (χ1v) is 8.85. The smallest absolute Gasteiger partial charge is 0.215 e. The highest BCUT2D eigenvalue weighted by atomic mass is 32.2. The molecule has 3 N–H and O–H groups in total. The molecule has 0 aliphatic carbocycles. The van der Waals surface area contributed by atoms with Crippen molar-refractivity contribution in [2.45, 2.75) is 13.5 Å². The highest BCUT2D eigenvalue weighted by molar-refractivity contribution is 7.89. The quantitative estimate of drug-likeness (QED) is 0.752. The van der Waals surface area contributed by atoms with Gasteiger partial charge in [-0.2, -0.15) is 0 Å².